The van der Waals surface area contributed by atoms with Crippen LogP contribution in [-0.2, 0) is 27.9 Å². The van der Waals surface area contributed by atoms with Crippen LogP contribution in [0.2, 0.25) is 5.02 Å². The molecule has 198 valence electrons. The molecule has 0 saturated carbocycles. The van der Waals surface area contributed by atoms with Crippen LogP contribution in [0.25, 0.3) is 10.9 Å². The van der Waals surface area contributed by atoms with Crippen molar-refractivity contribution in [1.82, 2.24) is 9.71 Å². The smallest absolute Gasteiger partial charge is 0.294 e. The molecule has 0 aliphatic carbocycles. The van der Waals surface area contributed by atoms with Gasteiger partial charge in [0.2, 0.25) is 10.0 Å². The van der Waals surface area contributed by atoms with Crippen molar-refractivity contribution < 1.29 is 27.9 Å². The van der Waals surface area contributed by atoms with Crippen molar-refractivity contribution in [2.75, 3.05) is 13.7 Å². The lowest BCUT2D eigenvalue weighted by Gasteiger charge is -2.12. The topological polar surface area (TPSA) is 141 Å². The van der Waals surface area contributed by atoms with Crippen LogP contribution in [-0.4, -0.2) is 37.9 Å². The average molecular weight is 558 g/mol. The first kappa shape index (κ1) is 27.1. The van der Waals surface area contributed by atoms with Crippen molar-refractivity contribution in [3.63, 3.8) is 0 Å². The molecule has 0 aliphatic rings. The van der Waals surface area contributed by atoms with E-state index in [0.717, 1.165) is 16.8 Å². The maximum absolute atomic E-state index is 13.5. The molecular weight excluding hydrogens is 534 g/mol. The zero-order chi connectivity index (χ0) is 27.4. The van der Waals surface area contributed by atoms with Crippen LogP contribution in [0, 0.1) is 17.0 Å². The highest BCUT2D eigenvalue weighted by molar-refractivity contribution is 7.89. The van der Waals surface area contributed by atoms with Gasteiger partial charge >= 0.3 is 0 Å². The number of aryl methyl sites for hydroxylation is 1. The van der Waals surface area contributed by atoms with E-state index >= 15 is 0 Å². The fraction of sp³-hybridized carbons (Fsp3) is 0.192. The number of hydrogen-bond donors (Lipinski definition) is 2. The number of hydrogen-bond acceptors (Lipinski definition) is 7. The molecule has 0 amide bonds. The standard InChI is InChI=1S/C26H24ClN3O7S/c1-16-21(13-14-28-38(34,35)20-9-3-17(4-10-20)15-37-30(32)33)24-22(29-16)11-12-23(36-2)25(24)26(31)18-5-7-19(27)8-6-18/h3-12,28-29H,13-15H2,1-2H3. The van der Waals surface area contributed by atoms with Gasteiger partial charge in [0.05, 0.1) is 17.6 Å². The maximum Gasteiger partial charge on any atom is 0.294 e. The zero-order valence-corrected chi connectivity index (χ0v) is 22.1. The van der Waals surface area contributed by atoms with Gasteiger partial charge in [-0.15, -0.1) is 10.1 Å². The Bertz CT molecular complexity index is 1600. The van der Waals surface area contributed by atoms with Crippen molar-refractivity contribution in [3.05, 3.63) is 104 Å². The quantitative estimate of drug-likeness (QED) is 0.156. The van der Waals surface area contributed by atoms with E-state index in [4.69, 9.17) is 16.3 Å². The zero-order valence-electron chi connectivity index (χ0n) is 20.5. The fourth-order valence-corrected chi connectivity index (χ4v) is 5.36. The summed E-state index contributed by atoms with van der Waals surface area (Å²) in [7, 11) is -2.37. The number of ether oxygens (including phenoxy) is 1. The third kappa shape index (κ3) is 5.80. The monoisotopic (exact) mass is 557 g/mol. The second-order valence-electron chi connectivity index (χ2n) is 8.42. The number of aromatic nitrogens is 1. The molecular formula is C26H24ClN3O7S. The molecule has 38 heavy (non-hydrogen) atoms. The van der Waals surface area contributed by atoms with Gasteiger partial charge in [0.15, 0.2) is 5.78 Å². The number of aromatic amines is 1. The summed E-state index contributed by atoms with van der Waals surface area (Å²) in [5, 5.41) is 10.6. The van der Waals surface area contributed by atoms with Crippen molar-refractivity contribution in [2.24, 2.45) is 0 Å². The Morgan fingerprint density at radius 3 is 2.39 bits per heavy atom. The number of fused-ring (bicyclic) bond motifs is 1. The second kappa shape index (κ2) is 11.2. The number of sulfonamides is 1. The van der Waals surface area contributed by atoms with Gasteiger partial charge < -0.3 is 14.6 Å². The van der Waals surface area contributed by atoms with Crippen molar-refractivity contribution in [2.45, 2.75) is 24.8 Å². The first-order valence-electron chi connectivity index (χ1n) is 11.4. The van der Waals surface area contributed by atoms with Gasteiger partial charge in [-0.3, -0.25) is 4.79 Å². The Morgan fingerprint density at radius 2 is 1.76 bits per heavy atom. The molecule has 0 radical (unpaired) electrons. The van der Waals surface area contributed by atoms with Gasteiger partial charge in [-0.1, -0.05) is 23.7 Å². The Labute approximate surface area is 223 Å². The van der Waals surface area contributed by atoms with Crippen molar-refractivity contribution in [1.29, 1.82) is 0 Å². The number of carbonyl (C=O) groups is 1. The van der Waals surface area contributed by atoms with Gasteiger partial charge in [-0.25, -0.2) is 13.1 Å². The van der Waals surface area contributed by atoms with Gasteiger partial charge in [-0.2, -0.15) is 0 Å². The lowest BCUT2D eigenvalue weighted by molar-refractivity contribution is -0.763. The maximum atomic E-state index is 13.5. The molecule has 0 saturated heterocycles. The number of rotatable bonds is 11. The number of methoxy groups -OCH3 is 1. The predicted octanol–water partition coefficient (Wildman–Crippen LogP) is 4.60. The molecule has 0 unspecified atom stereocenters. The summed E-state index contributed by atoms with van der Waals surface area (Å²) in [6.45, 7) is 1.65. The molecule has 1 heterocycles. The lowest BCUT2D eigenvalue weighted by Crippen LogP contribution is -2.26. The fourth-order valence-electron chi connectivity index (χ4n) is 4.21. The third-order valence-electron chi connectivity index (χ3n) is 6.03. The normalized spacial score (nSPS) is 11.4. The molecule has 0 atom stereocenters. The summed E-state index contributed by atoms with van der Waals surface area (Å²) in [6, 6.07) is 15.7. The van der Waals surface area contributed by atoms with Crippen LogP contribution >= 0.6 is 11.6 Å². The Balaban J connectivity index is 1.59. The highest BCUT2D eigenvalue weighted by Crippen LogP contribution is 2.34. The Morgan fingerprint density at radius 1 is 1.08 bits per heavy atom. The van der Waals surface area contributed by atoms with Gasteiger partial charge in [0.1, 0.15) is 12.4 Å². The number of halogens is 1. The van der Waals surface area contributed by atoms with Crippen LogP contribution in [0.4, 0.5) is 0 Å². The van der Waals surface area contributed by atoms with E-state index in [2.05, 4.69) is 14.5 Å². The van der Waals surface area contributed by atoms with E-state index < -0.39 is 15.1 Å². The average Bonchev–Trinajstić information content (AvgIpc) is 3.22. The number of nitrogens with one attached hydrogen (secondary N) is 2. The number of benzene rings is 3. The largest absolute Gasteiger partial charge is 0.496 e. The number of ketones is 1. The first-order chi connectivity index (χ1) is 18.1. The Hall–Kier alpha value is -3.93. The molecule has 0 aliphatic heterocycles. The Kier molecular flexibility index (Phi) is 8.00. The molecule has 0 fully saturated rings. The summed E-state index contributed by atoms with van der Waals surface area (Å²) in [5.74, 6) is 0.158. The number of carbonyl (C=O) groups excluding carboxylic acids is 1. The van der Waals surface area contributed by atoms with Crippen molar-refractivity contribution >= 4 is 38.3 Å². The van der Waals surface area contributed by atoms with Crippen LogP contribution in [0.1, 0.15) is 32.7 Å². The summed E-state index contributed by atoms with van der Waals surface area (Å²) in [5.41, 5.74) is 3.59. The van der Waals surface area contributed by atoms with Crippen LogP contribution in [0.3, 0.4) is 0 Å². The summed E-state index contributed by atoms with van der Waals surface area (Å²) in [4.78, 5) is 31.5. The SMILES string of the molecule is COc1ccc2[nH]c(C)c(CCNS(=O)(=O)c3ccc(CO[N+](=O)[O-])cc3)c2c1C(=O)c1ccc(Cl)cc1. The van der Waals surface area contributed by atoms with Crippen LogP contribution in [0.15, 0.2) is 65.6 Å². The van der Waals surface area contributed by atoms with Crippen LogP contribution < -0.4 is 9.46 Å². The van der Waals surface area contributed by atoms with Crippen molar-refractivity contribution in [3.8, 4) is 5.75 Å². The molecule has 1 aromatic heterocycles. The van der Waals surface area contributed by atoms with E-state index in [0.29, 0.717) is 39.3 Å². The van der Waals surface area contributed by atoms with Gasteiger partial charge in [-0.05, 0) is 73.0 Å². The molecule has 10 nitrogen and oxygen atoms in total. The molecule has 0 spiro atoms. The van der Waals surface area contributed by atoms with Crippen LogP contribution in [0.5, 0.6) is 5.75 Å². The predicted molar refractivity (Wildman–Crippen MR) is 142 cm³/mol. The van der Waals surface area contributed by atoms with E-state index in [1.165, 1.54) is 31.4 Å². The molecule has 4 rings (SSSR count). The van der Waals surface area contributed by atoms with E-state index in [1.807, 2.05) is 13.0 Å². The number of nitrogens with zero attached hydrogens (tertiary/aromatic N) is 1. The minimum Gasteiger partial charge on any atom is -0.496 e. The van der Waals surface area contributed by atoms with Gasteiger partial charge in [0, 0.05) is 33.7 Å². The molecule has 2 N–H and O–H groups in total. The minimum absolute atomic E-state index is 0.0123. The number of H-pyrrole nitrogens is 1. The molecule has 3 aromatic carbocycles. The van der Waals surface area contributed by atoms with E-state index in [1.54, 1.807) is 30.3 Å². The van der Waals surface area contributed by atoms with Gasteiger partial charge in [0.25, 0.3) is 5.09 Å². The summed E-state index contributed by atoms with van der Waals surface area (Å²) >= 11 is 5.99. The molecule has 4 aromatic rings. The highest BCUT2D eigenvalue weighted by Gasteiger charge is 2.23. The second-order valence-corrected chi connectivity index (χ2v) is 10.6. The third-order valence-corrected chi connectivity index (χ3v) is 7.76. The summed E-state index contributed by atoms with van der Waals surface area (Å²) < 4.78 is 33.8. The molecule has 0 bridgehead atoms. The highest BCUT2D eigenvalue weighted by atomic mass is 35.5. The minimum atomic E-state index is -3.85. The summed E-state index contributed by atoms with van der Waals surface area (Å²) in [6.07, 6.45) is 0.299. The first-order valence-corrected chi connectivity index (χ1v) is 13.3. The lowest BCUT2D eigenvalue weighted by atomic mass is 9.95. The van der Waals surface area contributed by atoms with E-state index in [9.17, 15) is 23.3 Å². The van der Waals surface area contributed by atoms with E-state index in [-0.39, 0.29) is 23.8 Å². The molecule has 12 heteroatoms.